The van der Waals surface area contributed by atoms with Crippen LogP contribution in [0.15, 0.2) is 12.3 Å². The predicted molar refractivity (Wildman–Crippen MR) is 75.8 cm³/mol. The minimum atomic E-state index is -1.03. The monoisotopic (exact) mass is 282 g/mol. The summed E-state index contributed by atoms with van der Waals surface area (Å²) in [6.45, 7) is 3.12. The molecule has 0 amide bonds. The average Bonchev–Trinajstić information content (AvgIpc) is 2.39. The normalized spacial score (nSPS) is 23.1. The summed E-state index contributed by atoms with van der Waals surface area (Å²) in [5, 5.41) is 12.4. The number of halogens is 1. The SMILES string of the molecule is CC1CCCCC1CNc1cc(C(=O)O)c(Cl)cn1. The zero-order chi connectivity index (χ0) is 13.8. The summed E-state index contributed by atoms with van der Waals surface area (Å²) in [7, 11) is 0. The lowest BCUT2D eigenvalue weighted by molar-refractivity contribution is 0.0697. The Balaban J connectivity index is 1.99. The molecule has 0 radical (unpaired) electrons. The first-order valence-electron chi connectivity index (χ1n) is 6.70. The number of hydrogen-bond acceptors (Lipinski definition) is 3. The summed E-state index contributed by atoms with van der Waals surface area (Å²) in [5.74, 6) is 0.910. The van der Waals surface area contributed by atoms with Gasteiger partial charge in [-0.05, 0) is 24.3 Å². The van der Waals surface area contributed by atoms with Crippen molar-refractivity contribution < 1.29 is 9.90 Å². The van der Waals surface area contributed by atoms with Gasteiger partial charge in [0.25, 0.3) is 0 Å². The Kier molecular flexibility index (Phi) is 4.64. The van der Waals surface area contributed by atoms with E-state index in [-0.39, 0.29) is 10.6 Å². The highest BCUT2D eigenvalue weighted by molar-refractivity contribution is 6.33. The number of carbonyl (C=O) groups is 1. The van der Waals surface area contributed by atoms with Gasteiger partial charge in [0.05, 0.1) is 10.6 Å². The minimum absolute atomic E-state index is 0.0934. The number of aromatic carboxylic acids is 1. The van der Waals surface area contributed by atoms with Crippen molar-refractivity contribution in [3.05, 3.63) is 22.8 Å². The van der Waals surface area contributed by atoms with Crippen molar-refractivity contribution in [3.63, 3.8) is 0 Å². The zero-order valence-corrected chi connectivity index (χ0v) is 11.8. The van der Waals surface area contributed by atoms with E-state index in [2.05, 4.69) is 17.2 Å². The van der Waals surface area contributed by atoms with Crippen LogP contribution in [0.4, 0.5) is 5.82 Å². The molecule has 1 aliphatic carbocycles. The van der Waals surface area contributed by atoms with E-state index in [4.69, 9.17) is 16.7 Å². The Morgan fingerprint density at radius 3 is 2.95 bits per heavy atom. The number of carboxylic acids is 1. The fourth-order valence-corrected chi connectivity index (χ4v) is 2.82. The van der Waals surface area contributed by atoms with Crippen LogP contribution in [0.1, 0.15) is 43.0 Å². The molecule has 0 saturated heterocycles. The molecule has 2 unspecified atom stereocenters. The van der Waals surface area contributed by atoms with E-state index in [0.29, 0.717) is 17.7 Å². The van der Waals surface area contributed by atoms with Crippen LogP contribution >= 0.6 is 11.6 Å². The van der Waals surface area contributed by atoms with Crippen LogP contribution in [-0.4, -0.2) is 22.6 Å². The lowest BCUT2D eigenvalue weighted by atomic mass is 9.80. The van der Waals surface area contributed by atoms with Gasteiger partial charge in [0.15, 0.2) is 0 Å². The van der Waals surface area contributed by atoms with Crippen molar-refractivity contribution in [2.75, 3.05) is 11.9 Å². The molecule has 0 aromatic carbocycles. The molecule has 4 nitrogen and oxygen atoms in total. The Labute approximate surface area is 118 Å². The third-order valence-electron chi connectivity index (χ3n) is 3.92. The molecule has 0 bridgehead atoms. The second-order valence-corrected chi connectivity index (χ2v) is 5.66. The van der Waals surface area contributed by atoms with Gasteiger partial charge >= 0.3 is 5.97 Å². The molecule has 104 valence electrons. The molecule has 0 aliphatic heterocycles. The number of pyridine rings is 1. The quantitative estimate of drug-likeness (QED) is 0.884. The van der Waals surface area contributed by atoms with E-state index in [9.17, 15) is 4.79 Å². The zero-order valence-electron chi connectivity index (χ0n) is 11.0. The second-order valence-electron chi connectivity index (χ2n) is 5.26. The molecule has 1 aromatic heterocycles. The Bertz CT molecular complexity index is 465. The molecule has 1 aromatic rings. The van der Waals surface area contributed by atoms with Crippen LogP contribution in [0, 0.1) is 11.8 Å². The number of aromatic nitrogens is 1. The summed E-state index contributed by atoms with van der Waals surface area (Å²) in [6.07, 6.45) is 6.50. The van der Waals surface area contributed by atoms with E-state index in [1.54, 1.807) is 0 Å². The molecule has 1 saturated carbocycles. The van der Waals surface area contributed by atoms with Gasteiger partial charge < -0.3 is 10.4 Å². The maximum Gasteiger partial charge on any atom is 0.337 e. The highest BCUT2D eigenvalue weighted by atomic mass is 35.5. The van der Waals surface area contributed by atoms with Crippen molar-refractivity contribution in [3.8, 4) is 0 Å². The van der Waals surface area contributed by atoms with Gasteiger partial charge in [-0.3, -0.25) is 0 Å². The number of nitrogens with zero attached hydrogens (tertiary/aromatic N) is 1. The molecule has 1 fully saturated rings. The lowest BCUT2D eigenvalue weighted by Crippen LogP contribution is -2.24. The maximum atomic E-state index is 11.0. The molecule has 0 spiro atoms. The third-order valence-corrected chi connectivity index (χ3v) is 4.22. The van der Waals surface area contributed by atoms with Crippen molar-refractivity contribution in [1.82, 2.24) is 4.98 Å². The summed E-state index contributed by atoms with van der Waals surface area (Å²) in [5.41, 5.74) is 0.0934. The first-order chi connectivity index (χ1) is 9.08. The van der Waals surface area contributed by atoms with Crippen molar-refractivity contribution in [1.29, 1.82) is 0 Å². The van der Waals surface area contributed by atoms with E-state index in [1.807, 2.05) is 0 Å². The van der Waals surface area contributed by atoms with Gasteiger partial charge in [-0.1, -0.05) is 37.8 Å². The highest BCUT2D eigenvalue weighted by Gasteiger charge is 2.21. The van der Waals surface area contributed by atoms with Gasteiger partial charge in [0.1, 0.15) is 5.82 Å². The number of rotatable bonds is 4. The van der Waals surface area contributed by atoms with Gasteiger partial charge in [0.2, 0.25) is 0 Å². The molecule has 2 N–H and O–H groups in total. The molecular formula is C14H19ClN2O2. The second kappa shape index (κ2) is 6.24. The topological polar surface area (TPSA) is 62.2 Å². The smallest absolute Gasteiger partial charge is 0.337 e. The Hall–Kier alpha value is -1.29. The highest BCUT2D eigenvalue weighted by Crippen LogP contribution is 2.29. The first kappa shape index (κ1) is 14.1. The van der Waals surface area contributed by atoms with Crippen LogP contribution in [0.25, 0.3) is 0 Å². The summed E-state index contributed by atoms with van der Waals surface area (Å²) >= 11 is 5.79. The maximum absolute atomic E-state index is 11.0. The molecule has 2 rings (SSSR count). The Morgan fingerprint density at radius 1 is 1.53 bits per heavy atom. The first-order valence-corrected chi connectivity index (χ1v) is 7.08. The largest absolute Gasteiger partial charge is 0.478 e. The Morgan fingerprint density at radius 2 is 2.26 bits per heavy atom. The molecule has 2 atom stereocenters. The van der Waals surface area contributed by atoms with Gasteiger partial charge in [-0.25, -0.2) is 9.78 Å². The van der Waals surface area contributed by atoms with Gasteiger partial charge in [-0.15, -0.1) is 0 Å². The van der Waals surface area contributed by atoms with Crippen molar-refractivity contribution in [2.45, 2.75) is 32.6 Å². The van der Waals surface area contributed by atoms with Gasteiger partial charge in [-0.2, -0.15) is 0 Å². The minimum Gasteiger partial charge on any atom is -0.478 e. The number of nitrogens with one attached hydrogen (secondary N) is 1. The third kappa shape index (κ3) is 3.60. The summed E-state index contributed by atoms with van der Waals surface area (Å²) in [4.78, 5) is 15.1. The molecular weight excluding hydrogens is 264 g/mol. The van der Waals surface area contributed by atoms with E-state index < -0.39 is 5.97 Å². The number of carboxylic acid groups (broad SMARTS) is 1. The van der Waals surface area contributed by atoms with Crippen LogP contribution in [-0.2, 0) is 0 Å². The molecule has 19 heavy (non-hydrogen) atoms. The van der Waals surface area contributed by atoms with Crippen molar-refractivity contribution >= 4 is 23.4 Å². The molecule has 1 heterocycles. The average molecular weight is 283 g/mol. The summed E-state index contributed by atoms with van der Waals surface area (Å²) < 4.78 is 0. The standard InChI is InChI=1S/C14H19ClN2O2/c1-9-4-2-3-5-10(9)7-16-13-6-11(14(18)19)12(15)8-17-13/h6,8-10H,2-5,7H2,1H3,(H,16,17)(H,18,19). The van der Waals surface area contributed by atoms with Gasteiger partial charge in [0, 0.05) is 12.7 Å². The van der Waals surface area contributed by atoms with E-state index >= 15 is 0 Å². The summed E-state index contributed by atoms with van der Waals surface area (Å²) in [6, 6.07) is 1.50. The van der Waals surface area contributed by atoms with Crippen LogP contribution in [0.3, 0.4) is 0 Å². The number of hydrogen-bond donors (Lipinski definition) is 2. The van der Waals surface area contributed by atoms with Crippen LogP contribution in [0.5, 0.6) is 0 Å². The fraction of sp³-hybridized carbons (Fsp3) is 0.571. The predicted octanol–water partition coefficient (Wildman–Crippen LogP) is 3.67. The van der Waals surface area contributed by atoms with E-state index in [0.717, 1.165) is 6.54 Å². The van der Waals surface area contributed by atoms with Crippen molar-refractivity contribution in [2.24, 2.45) is 11.8 Å². The number of anilines is 1. The fourth-order valence-electron chi connectivity index (χ4n) is 2.63. The molecule has 1 aliphatic rings. The van der Waals surface area contributed by atoms with E-state index in [1.165, 1.54) is 37.9 Å². The van der Waals surface area contributed by atoms with Crippen LogP contribution in [0.2, 0.25) is 5.02 Å². The molecule has 5 heteroatoms. The van der Waals surface area contributed by atoms with Crippen LogP contribution < -0.4 is 5.32 Å². The lowest BCUT2D eigenvalue weighted by Gasteiger charge is -2.29.